The Morgan fingerprint density at radius 2 is 1.69 bits per heavy atom. The number of nitrogens with zero attached hydrogens (tertiary/aromatic N) is 4. The highest BCUT2D eigenvalue weighted by molar-refractivity contribution is 7.80. The van der Waals surface area contributed by atoms with E-state index in [1.165, 1.54) is 24.1 Å². The fourth-order valence-corrected chi connectivity index (χ4v) is 4.21. The number of nitrogens with one attached hydrogen (secondary N) is 1. The molecule has 0 bridgehead atoms. The molecule has 0 aliphatic carbocycles. The lowest BCUT2D eigenvalue weighted by atomic mass is 10.1. The summed E-state index contributed by atoms with van der Waals surface area (Å²) in [7, 11) is 1.38. The summed E-state index contributed by atoms with van der Waals surface area (Å²) in [6.45, 7) is 0. The fourth-order valence-electron chi connectivity index (χ4n) is 3.91. The van der Waals surface area contributed by atoms with Gasteiger partial charge in [0.15, 0.2) is 10.9 Å². The van der Waals surface area contributed by atoms with Crippen LogP contribution in [0.25, 0.3) is 23.0 Å². The predicted molar refractivity (Wildman–Crippen MR) is 140 cm³/mol. The number of rotatable bonds is 6. The van der Waals surface area contributed by atoms with Gasteiger partial charge in [0.05, 0.1) is 23.4 Å². The van der Waals surface area contributed by atoms with E-state index in [1.54, 1.807) is 35.2 Å². The van der Waals surface area contributed by atoms with Gasteiger partial charge in [0.1, 0.15) is 11.4 Å². The van der Waals surface area contributed by atoms with Crippen LogP contribution in [-0.2, 0) is 4.79 Å². The highest BCUT2D eigenvalue weighted by atomic mass is 32.1. The van der Waals surface area contributed by atoms with Gasteiger partial charge in [0, 0.05) is 23.4 Å². The molecule has 36 heavy (non-hydrogen) atoms. The lowest BCUT2D eigenvalue weighted by Gasteiger charge is -2.13. The van der Waals surface area contributed by atoms with Crippen LogP contribution < -0.4 is 15.0 Å². The first-order valence-corrected chi connectivity index (χ1v) is 11.3. The molecule has 0 spiro atoms. The predicted octanol–water partition coefficient (Wildman–Crippen LogP) is 4.72. The first-order chi connectivity index (χ1) is 17.5. The van der Waals surface area contributed by atoms with Crippen molar-refractivity contribution in [2.75, 3.05) is 12.0 Å². The van der Waals surface area contributed by atoms with Crippen molar-refractivity contribution in [3.05, 3.63) is 106 Å². The van der Waals surface area contributed by atoms with E-state index in [-0.39, 0.29) is 28.2 Å². The van der Waals surface area contributed by atoms with Gasteiger partial charge in [-0.05, 0) is 54.7 Å². The number of carbonyl (C=O) groups excluding carboxylic acids is 1. The molecule has 0 unspecified atom stereocenters. The van der Waals surface area contributed by atoms with Crippen molar-refractivity contribution in [1.82, 2.24) is 15.1 Å². The summed E-state index contributed by atoms with van der Waals surface area (Å²) in [4.78, 5) is 25.8. The van der Waals surface area contributed by atoms with Crippen LogP contribution in [0.3, 0.4) is 0 Å². The summed E-state index contributed by atoms with van der Waals surface area (Å²) in [6.07, 6.45) is 3.41. The van der Waals surface area contributed by atoms with E-state index in [0.29, 0.717) is 22.5 Å². The van der Waals surface area contributed by atoms with Crippen molar-refractivity contribution in [2.45, 2.75) is 0 Å². The third-order valence-corrected chi connectivity index (χ3v) is 5.89. The Morgan fingerprint density at radius 3 is 2.33 bits per heavy atom. The molecule has 2 heterocycles. The molecule has 0 radical (unpaired) electrons. The standard InChI is InChI=1S/C26H19N5O4S/c1-35-23-13-12-17(15-22(23)31(33)34)24-18(16-29(28-24)19-8-4-2-5-9-19)14-21-25(32)30(26(36)27-21)20-10-6-3-7-11-20/h2-16H,1H3,(H,27,36). The van der Waals surface area contributed by atoms with E-state index in [9.17, 15) is 14.9 Å². The maximum atomic E-state index is 13.2. The van der Waals surface area contributed by atoms with Crippen LogP contribution in [-0.4, -0.2) is 32.8 Å². The minimum atomic E-state index is -0.507. The molecule has 1 fully saturated rings. The van der Waals surface area contributed by atoms with Crippen molar-refractivity contribution in [2.24, 2.45) is 0 Å². The number of anilines is 1. The molecule has 1 saturated heterocycles. The second-order valence-electron chi connectivity index (χ2n) is 7.82. The fraction of sp³-hybridized carbons (Fsp3) is 0.0385. The SMILES string of the molecule is COc1ccc(-c2nn(-c3ccccc3)cc2C=C2NC(=S)N(c3ccccc3)C2=O)cc1[N+](=O)[O-]. The number of hydrogen-bond donors (Lipinski definition) is 1. The third kappa shape index (κ3) is 4.21. The van der Waals surface area contributed by atoms with E-state index in [2.05, 4.69) is 5.32 Å². The molecular formula is C26H19N5O4S. The zero-order valence-electron chi connectivity index (χ0n) is 19.0. The Labute approximate surface area is 211 Å². The number of thiocarbonyl (C=S) groups is 1. The van der Waals surface area contributed by atoms with Crippen LogP contribution in [0.1, 0.15) is 5.56 Å². The van der Waals surface area contributed by atoms with Gasteiger partial charge in [-0.1, -0.05) is 36.4 Å². The molecule has 1 aliphatic rings. The van der Waals surface area contributed by atoms with Crippen molar-refractivity contribution in [3.63, 3.8) is 0 Å². The average molecular weight is 498 g/mol. The molecule has 5 rings (SSSR count). The normalized spacial score (nSPS) is 14.2. The van der Waals surface area contributed by atoms with Crippen LogP contribution in [0.4, 0.5) is 11.4 Å². The molecule has 9 nitrogen and oxygen atoms in total. The Kier molecular flexibility index (Phi) is 6.01. The molecule has 1 amide bonds. The summed E-state index contributed by atoms with van der Waals surface area (Å²) in [6, 6.07) is 23.1. The molecule has 0 atom stereocenters. The maximum absolute atomic E-state index is 13.2. The number of methoxy groups -OCH3 is 1. The first-order valence-electron chi connectivity index (χ1n) is 10.9. The minimum absolute atomic E-state index is 0.141. The zero-order chi connectivity index (χ0) is 25.2. The summed E-state index contributed by atoms with van der Waals surface area (Å²) in [5, 5.41) is 19.5. The number of carbonyl (C=O) groups is 1. The number of hydrogen-bond acceptors (Lipinski definition) is 6. The van der Waals surface area contributed by atoms with Gasteiger partial charge in [-0.3, -0.25) is 19.8 Å². The van der Waals surface area contributed by atoms with Crippen LogP contribution in [0, 0.1) is 10.1 Å². The van der Waals surface area contributed by atoms with E-state index in [1.807, 2.05) is 48.5 Å². The largest absolute Gasteiger partial charge is 0.490 e. The Bertz CT molecular complexity index is 1520. The Balaban J connectivity index is 1.62. The summed E-state index contributed by atoms with van der Waals surface area (Å²) >= 11 is 5.42. The molecule has 10 heteroatoms. The zero-order valence-corrected chi connectivity index (χ0v) is 19.8. The second kappa shape index (κ2) is 9.43. The highest BCUT2D eigenvalue weighted by Gasteiger charge is 2.32. The molecular weight excluding hydrogens is 478 g/mol. The van der Waals surface area contributed by atoms with Crippen LogP contribution in [0.5, 0.6) is 5.75 Å². The van der Waals surface area contributed by atoms with Gasteiger partial charge < -0.3 is 10.1 Å². The quantitative estimate of drug-likeness (QED) is 0.178. The smallest absolute Gasteiger partial charge is 0.311 e. The van der Waals surface area contributed by atoms with Crippen molar-refractivity contribution >= 4 is 40.7 Å². The molecule has 1 N–H and O–H groups in total. The highest BCUT2D eigenvalue weighted by Crippen LogP contribution is 2.34. The number of aromatic nitrogens is 2. The van der Waals surface area contributed by atoms with E-state index in [4.69, 9.17) is 22.1 Å². The van der Waals surface area contributed by atoms with Gasteiger partial charge >= 0.3 is 5.69 Å². The van der Waals surface area contributed by atoms with Crippen LogP contribution in [0.15, 0.2) is 90.8 Å². The Hall–Kier alpha value is -4.83. The third-order valence-electron chi connectivity index (χ3n) is 5.60. The molecule has 4 aromatic rings. The molecule has 0 saturated carbocycles. The second-order valence-corrected chi connectivity index (χ2v) is 8.21. The van der Waals surface area contributed by atoms with E-state index < -0.39 is 4.92 Å². The summed E-state index contributed by atoms with van der Waals surface area (Å²) in [5.41, 5.74) is 3.04. The Morgan fingerprint density at radius 1 is 1.03 bits per heavy atom. The molecule has 3 aromatic carbocycles. The molecule has 178 valence electrons. The average Bonchev–Trinajstić information content (AvgIpc) is 3.44. The van der Waals surface area contributed by atoms with Gasteiger partial charge in [0.25, 0.3) is 5.91 Å². The van der Waals surface area contributed by atoms with E-state index >= 15 is 0 Å². The number of nitro groups is 1. The number of amides is 1. The number of para-hydroxylation sites is 2. The molecule has 1 aromatic heterocycles. The van der Waals surface area contributed by atoms with Crippen LogP contribution in [0.2, 0.25) is 0 Å². The van der Waals surface area contributed by atoms with Crippen molar-refractivity contribution in [3.8, 4) is 22.7 Å². The lowest BCUT2D eigenvalue weighted by Crippen LogP contribution is -2.30. The summed E-state index contributed by atoms with van der Waals surface area (Å²) in [5.74, 6) is -0.173. The number of benzene rings is 3. The molecule has 1 aliphatic heterocycles. The van der Waals surface area contributed by atoms with Gasteiger partial charge in [-0.25, -0.2) is 4.68 Å². The van der Waals surface area contributed by atoms with Crippen molar-refractivity contribution < 1.29 is 14.5 Å². The monoisotopic (exact) mass is 497 g/mol. The van der Waals surface area contributed by atoms with E-state index in [0.717, 1.165) is 5.69 Å². The van der Waals surface area contributed by atoms with Gasteiger partial charge in [-0.15, -0.1) is 0 Å². The first kappa shape index (κ1) is 22.9. The van der Waals surface area contributed by atoms with Crippen molar-refractivity contribution in [1.29, 1.82) is 0 Å². The lowest BCUT2D eigenvalue weighted by molar-refractivity contribution is -0.385. The topological polar surface area (TPSA) is 103 Å². The maximum Gasteiger partial charge on any atom is 0.311 e. The number of nitro benzene ring substituents is 1. The van der Waals surface area contributed by atoms with Crippen LogP contribution >= 0.6 is 12.2 Å². The minimum Gasteiger partial charge on any atom is -0.490 e. The number of ether oxygens (including phenoxy) is 1. The summed E-state index contributed by atoms with van der Waals surface area (Å²) < 4.78 is 6.79. The van der Waals surface area contributed by atoms with Gasteiger partial charge in [-0.2, -0.15) is 5.10 Å². The van der Waals surface area contributed by atoms with Gasteiger partial charge in [0.2, 0.25) is 0 Å².